The smallest absolute Gasteiger partial charge is 0.364 e. The van der Waals surface area contributed by atoms with Crippen LogP contribution in [0.2, 0.25) is 0 Å². The standard InChI is InChI=1S/C57H97N3O43/c1-14-30(75)38(83)40(85)52(91-14)101-49-39(84)33(78)22(9-64)93-55(49)99-45-25(12-67)95-51(29(37(45)82)60-17(4)70)100-47-35(80)26(96-53(41(47)86)97-43(21(74)8-63)31(76)19(72)6-61)13-90-50-28(59-16(3)69)36(81)44(24(11-66)94-50)98-54-42(87)48(34(79)23(10-65)92-54)103-57(56(88)89)5-18(71)27(58-15(2)68)46(102-57)32(77)20(73)7-62/h14,18-55,61-67,71-87H,5-13H2,1-4H3,(H,58,68)(H,59,69)(H,60,70)(H,88,89)/t14-,18-,19-,20+,21+,22+,23+,24+,25+,26+,27+,28+,29+,30+,31+,32+,33-,34-,35-,36+,37+,38+,39-,40-,41+,42+,43+,44+,45+,46+,47-,48-,49+,50+,51-,52-,53-,54-,55-,57-/m0/s1. The lowest BCUT2D eigenvalue weighted by molar-refractivity contribution is -0.390. The topological polar surface area (TPSA) is 739 Å². The molecule has 0 radical (unpaired) electrons. The van der Waals surface area contributed by atoms with Crippen LogP contribution in [0.1, 0.15) is 34.1 Å². The van der Waals surface area contributed by atoms with Gasteiger partial charge in [-0.25, -0.2) is 4.79 Å². The highest BCUT2D eigenvalue weighted by molar-refractivity contribution is 5.77. The molecule has 7 aliphatic rings. The lowest BCUT2D eigenvalue weighted by Gasteiger charge is -2.51. The van der Waals surface area contributed by atoms with E-state index in [1.807, 2.05) is 0 Å². The predicted molar refractivity (Wildman–Crippen MR) is 317 cm³/mol. The quantitative estimate of drug-likeness (QED) is 0.0306. The van der Waals surface area contributed by atoms with Gasteiger partial charge >= 0.3 is 5.97 Å². The van der Waals surface area contributed by atoms with Crippen LogP contribution in [0.3, 0.4) is 0 Å². The summed E-state index contributed by atoms with van der Waals surface area (Å²) in [6.45, 7) is -5.29. The van der Waals surface area contributed by atoms with Crippen LogP contribution in [0, 0.1) is 0 Å². The number of hydrogen-bond donors (Lipinski definition) is 28. The molecule has 0 bridgehead atoms. The number of amides is 3. The van der Waals surface area contributed by atoms with E-state index < -0.39 is 328 Å². The monoisotopic (exact) mass is 1510 g/mol. The number of carbonyl (C=O) groups is 4. The number of rotatable bonds is 31. The maximum atomic E-state index is 13.1. The third-order valence-electron chi connectivity index (χ3n) is 18.4. The number of carbonyl (C=O) groups excluding carboxylic acids is 3. The molecule has 598 valence electrons. The molecule has 28 N–H and O–H groups in total. The molecule has 0 aromatic heterocycles. The van der Waals surface area contributed by atoms with Gasteiger partial charge in [-0.3, -0.25) is 14.4 Å². The Bertz CT molecular complexity index is 2670. The Morgan fingerprint density at radius 1 is 0.437 bits per heavy atom. The van der Waals surface area contributed by atoms with Crippen molar-refractivity contribution in [2.45, 2.75) is 279 Å². The van der Waals surface area contributed by atoms with Crippen molar-refractivity contribution < 1.29 is 213 Å². The minimum absolute atomic E-state index is 0.859. The van der Waals surface area contributed by atoms with Gasteiger partial charge in [0.25, 0.3) is 5.79 Å². The molecule has 46 heteroatoms. The highest BCUT2D eigenvalue weighted by Crippen LogP contribution is 2.41. The Balaban J connectivity index is 1.16. The maximum absolute atomic E-state index is 13.1. The van der Waals surface area contributed by atoms with Crippen LogP contribution >= 0.6 is 0 Å². The SMILES string of the molecule is CC(=O)N[C@H]1[C@H](OC[C@H]2O[C@@H](O[C@@H]([C@H](O)[C@@H](O)CO)[C@H](O)CO)[C@H](O)[C@@H](O[C@@H]3O[C@H](CO)[C@@H](O[C@@H]4O[C@H](CO)[C@H](O)[C@H](O)[C@H]4O[C@@H]4O[C@@H](C)[C@@H](O)[C@@H](O)[C@@H]4O)[C@H](O)[C@H]3NC(C)=O)[C@H]2O)O[C@H](CO)[C@@H](O[C@@H]2O[C@H](CO)[C@H](O)[C@H](O[C@]3(C(=O)O)C[C@H](O)[C@@H](NC(C)=O)[C@H]([C@H](O)[C@H](O)CO)O3)[C@H]2O)[C@@H]1O. The molecular formula is C57H97N3O43. The predicted octanol–water partition coefficient (Wildman–Crippen LogP) is -18.2. The summed E-state index contributed by atoms with van der Waals surface area (Å²) in [4.78, 5) is 51.2. The molecule has 0 aromatic carbocycles. The van der Waals surface area contributed by atoms with Crippen LogP contribution in [-0.4, -0.2) is 449 Å². The average Bonchev–Trinajstić information content (AvgIpc) is 0.753. The van der Waals surface area contributed by atoms with Gasteiger partial charge in [0.05, 0.1) is 71.1 Å². The molecule has 0 aliphatic carbocycles. The summed E-state index contributed by atoms with van der Waals surface area (Å²) in [7, 11) is 0. The molecule has 0 unspecified atom stereocenters. The Morgan fingerprint density at radius 2 is 0.883 bits per heavy atom. The van der Waals surface area contributed by atoms with E-state index in [9.17, 15) is 147 Å². The summed E-state index contributed by atoms with van der Waals surface area (Å²) >= 11 is 0. The summed E-state index contributed by atoms with van der Waals surface area (Å²) < 4.78 is 81.5. The number of aliphatic hydroxyl groups excluding tert-OH is 24. The summed E-state index contributed by atoms with van der Waals surface area (Å²) in [5.74, 6) is -8.19. The molecule has 7 aliphatic heterocycles. The van der Waals surface area contributed by atoms with E-state index in [4.69, 9.17) is 66.3 Å². The van der Waals surface area contributed by atoms with Gasteiger partial charge in [0.1, 0.15) is 183 Å². The van der Waals surface area contributed by atoms with E-state index in [2.05, 4.69) is 16.0 Å². The average molecular weight is 1510 g/mol. The van der Waals surface area contributed by atoms with Gasteiger partial charge in [-0.15, -0.1) is 0 Å². The molecule has 7 saturated heterocycles. The molecule has 7 fully saturated rings. The second-order valence-electron chi connectivity index (χ2n) is 25.8. The Kier molecular flexibility index (Phi) is 31.7. The van der Waals surface area contributed by atoms with Gasteiger partial charge in [0, 0.05) is 27.2 Å². The fourth-order valence-electron chi connectivity index (χ4n) is 12.8. The number of aliphatic carboxylic acids is 1. The number of aliphatic hydroxyl groups is 24. The van der Waals surface area contributed by atoms with E-state index in [1.54, 1.807) is 0 Å². The maximum Gasteiger partial charge on any atom is 0.364 e. The zero-order chi connectivity index (χ0) is 76.7. The van der Waals surface area contributed by atoms with Crippen molar-refractivity contribution in [3.8, 4) is 0 Å². The Morgan fingerprint density at radius 3 is 1.42 bits per heavy atom. The van der Waals surface area contributed by atoms with Gasteiger partial charge < -0.3 is 210 Å². The van der Waals surface area contributed by atoms with Crippen molar-refractivity contribution in [1.29, 1.82) is 0 Å². The van der Waals surface area contributed by atoms with Gasteiger partial charge in [-0.1, -0.05) is 0 Å². The summed E-state index contributed by atoms with van der Waals surface area (Å²) in [5.41, 5.74) is 0. The number of carboxylic acid groups (broad SMARTS) is 1. The zero-order valence-corrected chi connectivity index (χ0v) is 55.4. The van der Waals surface area contributed by atoms with E-state index in [1.165, 1.54) is 6.92 Å². The minimum Gasteiger partial charge on any atom is -0.477 e. The van der Waals surface area contributed by atoms with E-state index in [0.717, 1.165) is 20.8 Å². The van der Waals surface area contributed by atoms with Crippen molar-refractivity contribution >= 4 is 23.7 Å². The first-order valence-corrected chi connectivity index (χ1v) is 32.5. The highest BCUT2D eigenvalue weighted by Gasteiger charge is 2.62. The highest BCUT2D eigenvalue weighted by atomic mass is 16.8. The van der Waals surface area contributed by atoms with Crippen LogP contribution in [0.4, 0.5) is 0 Å². The molecule has 0 spiro atoms. The van der Waals surface area contributed by atoms with Crippen LogP contribution in [0.15, 0.2) is 0 Å². The normalized spacial score (nSPS) is 45.1. The Labute approximate surface area is 583 Å². The van der Waals surface area contributed by atoms with E-state index in [-0.39, 0.29) is 0 Å². The summed E-state index contributed by atoms with van der Waals surface area (Å²) in [5, 5.41) is 279. The molecule has 46 nitrogen and oxygen atoms in total. The van der Waals surface area contributed by atoms with Crippen LogP contribution in [0.25, 0.3) is 0 Å². The van der Waals surface area contributed by atoms with Gasteiger partial charge in [-0.05, 0) is 6.92 Å². The molecule has 0 saturated carbocycles. The second kappa shape index (κ2) is 37.7. The van der Waals surface area contributed by atoms with Crippen molar-refractivity contribution in [1.82, 2.24) is 16.0 Å². The first kappa shape index (κ1) is 86.6. The lowest BCUT2D eigenvalue weighted by Crippen LogP contribution is -2.71. The Hall–Kier alpha value is -3.64. The number of ether oxygens (including phenoxy) is 14. The van der Waals surface area contributed by atoms with Crippen LogP contribution in [0.5, 0.6) is 0 Å². The van der Waals surface area contributed by atoms with Crippen LogP contribution in [-0.2, 0) is 85.5 Å². The first-order valence-electron chi connectivity index (χ1n) is 32.5. The first-order chi connectivity index (χ1) is 48.5. The van der Waals surface area contributed by atoms with Gasteiger partial charge in [0.2, 0.25) is 17.7 Å². The van der Waals surface area contributed by atoms with Crippen LogP contribution < -0.4 is 16.0 Å². The van der Waals surface area contributed by atoms with Gasteiger partial charge in [-0.2, -0.15) is 0 Å². The molecule has 103 heavy (non-hydrogen) atoms. The van der Waals surface area contributed by atoms with E-state index in [0.29, 0.717) is 0 Å². The van der Waals surface area contributed by atoms with Crippen molar-refractivity contribution in [3.63, 3.8) is 0 Å². The van der Waals surface area contributed by atoms with Crippen molar-refractivity contribution in [3.05, 3.63) is 0 Å². The third kappa shape index (κ3) is 19.5. The van der Waals surface area contributed by atoms with Crippen molar-refractivity contribution in [2.75, 3.05) is 52.9 Å². The molecule has 7 heterocycles. The zero-order valence-electron chi connectivity index (χ0n) is 55.4. The summed E-state index contributed by atoms with van der Waals surface area (Å²) in [6, 6.07) is -5.64. The van der Waals surface area contributed by atoms with E-state index >= 15 is 0 Å². The molecule has 0 aromatic rings. The fourth-order valence-corrected chi connectivity index (χ4v) is 12.8. The van der Waals surface area contributed by atoms with Crippen molar-refractivity contribution in [2.24, 2.45) is 0 Å². The van der Waals surface area contributed by atoms with Gasteiger partial charge in [0.15, 0.2) is 37.7 Å². The fraction of sp³-hybridized carbons (Fsp3) is 0.930. The third-order valence-corrected chi connectivity index (χ3v) is 18.4. The second-order valence-corrected chi connectivity index (χ2v) is 25.8. The molecule has 40 atom stereocenters. The summed E-state index contributed by atoms with van der Waals surface area (Å²) in [6.07, 6.45) is -77.1. The molecule has 3 amide bonds. The number of carboxylic acids is 1. The number of nitrogens with one attached hydrogen (secondary N) is 3. The largest absolute Gasteiger partial charge is 0.477 e. The molecular weight excluding hydrogens is 1410 g/mol. The molecule has 7 rings (SSSR count). The lowest BCUT2D eigenvalue weighted by atomic mass is 9.88. The number of hydrogen-bond acceptors (Lipinski definition) is 42. The minimum atomic E-state index is -3.26.